The summed E-state index contributed by atoms with van der Waals surface area (Å²) in [5.41, 5.74) is 2.88. The van der Waals surface area contributed by atoms with Crippen LogP contribution in [0.5, 0.6) is 0 Å². The second-order valence-corrected chi connectivity index (χ2v) is 17.4. The molecule has 6 amide bonds. The zero-order chi connectivity index (χ0) is 48.7. The first-order valence-corrected chi connectivity index (χ1v) is 22.8. The summed E-state index contributed by atoms with van der Waals surface area (Å²) in [4.78, 5) is 120. The summed E-state index contributed by atoms with van der Waals surface area (Å²) in [6.07, 6.45) is 3.35. The van der Waals surface area contributed by atoms with Gasteiger partial charge in [-0.2, -0.15) is 0 Å². The Kier molecular flexibility index (Phi) is 18.0. The number of carbonyl (C=O) groups is 7. The number of carboxylic acids is 1. The number of nitrogens with zero attached hydrogens (tertiary/aromatic N) is 1. The number of pyridine rings is 1. The molecule has 20 nitrogen and oxygen atoms in total. The molecule has 6 atom stereocenters. The van der Waals surface area contributed by atoms with E-state index in [-0.39, 0.29) is 31.2 Å². The van der Waals surface area contributed by atoms with Gasteiger partial charge in [0.05, 0.1) is 0 Å². The van der Waals surface area contributed by atoms with E-state index in [1.54, 1.807) is 48.7 Å². The van der Waals surface area contributed by atoms with Gasteiger partial charge in [-0.15, -0.1) is 0 Å². The number of aliphatic hydroxyl groups is 1. The number of fused-ring (bicyclic) bond motifs is 1. The van der Waals surface area contributed by atoms with Crippen LogP contribution in [0.2, 0.25) is 0 Å². The van der Waals surface area contributed by atoms with Crippen molar-refractivity contribution in [2.24, 2.45) is 0 Å². The fraction of sp³-hybridized carbons (Fsp3) is 0.304. The van der Waals surface area contributed by atoms with Gasteiger partial charge in [-0.05, 0) is 46.4 Å². The molecule has 21 heteroatoms. The van der Waals surface area contributed by atoms with Crippen molar-refractivity contribution in [3.8, 4) is 0 Å². The Morgan fingerprint density at radius 2 is 1.13 bits per heavy atom. The maximum Gasteiger partial charge on any atom is 0.358 e. The predicted molar refractivity (Wildman–Crippen MR) is 244 cm³/mol. The highest BCUT2D eigenvalue weighted by Gasteiger charge is 2.34. The number of nitrogens with one attached hydrogen (secondary N) is 7. The van der Waals surface area contributed by atoms with Crippen LogP contribution >= 0.6 is 7.60 Å². The minimum atomic E-state index is -4.94. The number of amides is 6. The minimum absolute atomic E-state index is 0.0239. The number of likely N-dealkylation sites (N-methyl/N-ethyl adjacent to an activating group) is 1. The van der Waals surface area contributed by atoms with Crippen LogP contribution in [-0.4, -0.2) is 109 Å². The summed E-state index contributed by atoms with van der Waals surface area (Å²) in [5, 5.41) is 36.2. The van der Waals surface area contributed by atoms with Crippen molar-refractivity contribution < 1.29 is 58.1 Å². The molecule has 0 aliphatic rings. The SMILES string of the molecule is CNC(=O)[C@@H](Cc1c[nH]c2ccccc12)NC(=O)[C@H](CCC(=O)O)NC(=O)[C@H](Cc1ccccc1)NC(=O)[C@H](Cc1ccc(C(O)P(=O)(O)O)cc1)NC(=O)[C@H](Cc1cccnc1)NC(C)=O. The number of aliphatic hydroxyl groups excluding tert-OH is 1. The van der Waals surface area contributed by atoms with Crippen LogP contribution < -0.4 is 31.9 Å². The molecule has 2 heterocycles. The number of para-hydroxylation sites is 1. The monoisotopic (exact) mass is 940 g/mol. The van der Waals surface area contributed by atoms with E-state index in [0.29, 0.717) is 22.3 Å². The molecule has 2 aromatic heterocycles. The fourth-order valence-corrected chi connectivity index (χ4v) is 7.82. The Balaban J connectivity index is 1.44. The van der Waals surface area contributed by atoms with Crippen LogP contribution in [0.3, 0.4) is 0 Å². The molecule has 0 aliphatic heterocycles. The number of carbonyl (C=O) groups excluding carboxylic acids is 6. The molecular formula is C46H53N8O12P. The van der Waals surface area contributed by atoms with E-state index >= 15 is 0 Å². The van der Waals surface area contributed by atoms with Gasteiger partial charge in [0.2, 0.25) is 35.4 Å². The number of aromatic amines is 1. The van der Waals surface area contributed by atoms with Crippen LogP contribution in [0.15, 0.2) is 110 Å². The number of rotatable bonds is 23. The highest BCUT2D eigenvalue weighted by atomic mass is 31.2. The quantitative estimate of drug-likeness (QED) is 0.0409. The van der Waals surface area contributed by atoms with Crippen LogP contribution in [-0.2, 0) is 63.8 Å². The molecule has 0 spiro atoms. The predicted octanol–water partition coefficient (Wildman–Crippen LogP) is 1.06. The zero-order valence-electron chi connectivity index (χ0n) is 36.5. The lowest BCUT2D eigenvalue weighted by Crippen LogP contribution is -2.60. The molecule has 0 radical (unpaired) electrons. The lowest BCUT2D eigenvalue weighted by atomic mass is 10.00. The number of H-pyrrole nitrogens is 1. The van der Waals surface area contributed by atoms with Crippen LogP contribution in [0.1, 0.15) is 53.4 Å². The minimum Gasteiger partial charge on any atom is -0.481 e. The van der Waals surface area contributed by atoms with Gasteiger partial charge in [-0.25, -0.2) is 0 Å². The van der Waals surface area contributed by atoms with Crippen molar-refractivity contribution in [3.63, 3.8) is 0 Å². The maximum atomic E-state index is 14.5. The highest BCUT2D eigenvalue weighted by molar-refractivity contribution is 7.51. The van der Waals surface area contributed by atoms with E-state index in [9.17, 15) is 58.1 Å². The standard InChI is InChI=1S/C46H53N8O12P/c1-27(55)50-36(23-30-11-8-20-48-25-30)43(60)52-38(22-29-14-16-31(17-15-29)46(63)67(64,65)66)45(62)53-37(21-28-9-4-3-5-10-28)44(61)51-35(18-19-40(56)57)42(59)54-39(41(58)47-2)24-32-26-49-34-13-7-6-12-33(32)34/h3-17,20,25-26,35-39,46,49,63H,18-19,21-24H2,1-2H3,(H,47,58)(H,50,55)(H,51,61)(H,52,60)(H,53,62)(H,54,59)(H,56,57)(H2,64,65,66)/t35-,36-,37-,38-,39+,46?/m0/s1. The fourth-order valence-electron chi connectivity index (χ4n) is 7.26. The molecule has 5 rings (SSSR count). The molecule has 0 saturated heterocycles. The molecule has 354 valence electrons. The number of hydrogen-bond donors (Lipinski definition) is 11. The smallest absolute Gasteiger partial charge is 0.358 e. The molecule has 0 saturated carbocycles. The highest BCUT2D eigenvalue weighted by Crippen LogP contribution is 2.49. The summed E-state index contributed by atoms with van der Waals surface area (Å²) in [7, 11) is -3.55. The van der Waals surface area contributed by atoms with Crippen LogP contribution in [0.4, 0.5) is 0 Å². The number of aliphatic carboxylic acids is 1. The Labute approximate surface area is 384 Å². The summed E-state index contributed by atoms with van der Waals surface area (Å²) in [6.45, 7) is 1.21. The number of carboxylic acid groups (broad SMARTS) is 1. The van der Waals surface area contributed by atoms with Crippen molar-refractivity contribution >= 4 is 59.9 Å². The Morgan fingerprint density at radius 1 is 0.627 bits per heavy atom. The Hall–Kier alpha value is -7.25. The topological polar surface area (TPSA) is 318 Å². The summed E-state index contributed by atoms with van der Waals surface area (Å²) in [6, 6.07) is 17.6. The van der Waals surface area contributed by atoms with E-state index in [2.05, 4.69) is 41.9 Å². The zero-order valence-corrected chi connectivity index (χ0v) is 37.4. The van der Waals surface area contributed by atoms with Gasteiger partial charge in [0, 0.05) is 75.6 Å². The van der Waals surface area contributed by atoms with Gasteiger partial charge < -0.3 is 56.9 Å². The molecule has 5 aromatic rings. The molecule has 0 fully saturated rings. The summed E-state index contributed by atoms with van der Waals surface area (Å²) >= 11 is 0. The molecule has 67 heavy (non-hydrogen) atoms. The molecule has 1 unspecified atom stereocenters. The second-order valence-electron chi connectivity index (χ2n) is 15.8. The lowest BCUT2D eigenvalue weighted by Gasteiger charge is -2.27. The van der Waals surface area contributed by atoms with E-state index in [4.69, 9.17) is 0 Å². The van der Waals surface area contributed by atoms with Gasteiger partial charge in [-0.3, -0.25) is 43.1 Å². The molecule has 0 bridgehead atoms. The third-order valence-corrected chi connectivity index (χ3v) is 11.6. The third-order valence-electron chi connectivity index (χ3n) is 10.7. The van der Waals surface area contributed by atoms with E-state index < -0.39 is 97.9 Å². The number of hydrogen-bond acceptors (Lipinski definition) is 10. The first-order chi connectivity index (χ1) is 31.9. The second kappa shape index (κ2) is 23.8. The van der Waals surface area contributed by atoms with Crippen molar-refractivity contribution in [2.45, 2.75) is 81.5 Å². The van der Waals surface area contributed by atoms with Crippen molar-refractivity contribution in [2.75, 3.05) is 7.05 Å². The van der Waals surface area contributed by atoms with Gasteiger partial charge in [-0.1, -0.05) is 78.9 Å². The van der Waals surface area contributed by atoms with Gasteiger partial charge >= 0.3 is 13.6 Å². The molecule has 0 aliphatic carbocycles. The van der Waals surface area contributed by atoms with E-state index in [0.717, 1.165) is 10.9 Å². The van der Waals surface area contributed by atoms with Gasteiger partial charge in [0.25, 0.3) is 0 Å². The van der Waals surface area contributed by atoms with Gasteiger partial charge in [0.15, 0.2) is 5.85 Å². The van der Waals surface area contributed by atoms with Crippen molar-refractivity contribution in [1.82, 2.24) is 41.9 Å². The van der Waals surface area contributed by atoms with Crippen LogP contribution in [0.25, 0.3) is 10.9 Å². The van der Waals surface area contributed by atoms with E-state index in [1.807, 2.05) is 24.3 Å². The molecular weight excluding hydrogens is 888 g/mol. The summed E-state index contributed by atoms with van der Waals surface area (Å²) in [5.74, 6) is -7.99. The maximum absolute atomic E-state index is 14.5. The lowest BCUT2D eigenvalue weighted by molar-refractivity contribution is -0.138. The Bertz CT molecular complexity index is 2570. The first kappa shape index (κ1) is 50.7. The molecule has 11 N–H and O–H groups in total. The normalized spacial score (nSPS) is 14.0. The van der Waals surface area contributed by atoms with Gasteiger partial charge in [0.1, 0.15) is 30.2 Å². The Morgan fingerprint density at radius 3 is 1.69 bits per heavy atom. The average Bonchev–Trinajstić information content (AvgIpc) is 3.71. The molecule has 3 aromatic carbocycles. The van der Waals surface area contributed by atoms with Crippen LogP contribution in [0, 0.1) is 0 Å². The number of benzene rings is 3. The first-order valence-electron chi connectivity index (χ1n) is 21.1. The average molecular weight is 941 g/mol. The largest absolute Gasteiger partial charge is 0.481 e. The summed E-state index contributed by atoms with van der Waals surface area (Å²) < 4.78 is 11.7. The van der Waals surface area contributed by atoms with Crippen molar-refractivity contribution in [3.05, 3.63) is 137 Å². The third kappa shape index (κ3) is 15.2. The number of aromatic nitrogens is 2. The van der Waals surface area contributed by atoms with E-state index in [1.165, 1.54) is 50.6 Å². The van der Waals surface area contributed by atoms with Crippen molar-refractivity contribution in [1.29, 1.82) is 0 Å².